The summed E-state index contributed by atoms with van der Waals surface area (Å²) in [6.07, 6.45) is 1.42. The Hall–Kier alpha value is -6.63. The fourth-order valence-electron chi connectivity index (χ4n) is 8.15. The third kappa shape index (κ3) is 4.51. The molecule has 0 aliphatic carbocycles. The molecule has 0 saturated heterocycles. The number of hydrogen-bond acceptors (Lipinski definition) is 5. The molecule has 0 fully saturated rings. The molecule has 2 atom stereocenters. The summed E-state index contributed by atoms with van der Waals surface area (Å²) in [5.41, 5.74) is 9.12. The molecular formula is C46H31N4O2-. The third-order valence-corrected chi connectivity index (χ3v) is 10.5. The number of nitrogens with zero attached hydrogens (tertiary/aromatic N) is 2. The molecule has 52 heavy (non-hydrogen) atoms. The highest BCUT2D eigenvalue weighted by atomic mass is 16.3. The molecule has 0 bridgehead atoms. The van der Waals surface area contributed by atoms with Crippen molar-refractivity contribution in [2.45, 2.75) is 18.9 Å². The fourth-order valence-corrected chi connectivity index (χ4v) is 8.15. The largest absolute Gasteiger partial charge is 0.459 e. The molecule has 0 saturated carbocycles. The average Bonchev–Trinajstić information content (AvgIpc) is 3.79. The molecule has 2 aliphatic heterocycles. The number of hydrogen-bond donors (Lipinski definition) is 2. The van der Waals surface area contributed by atoms with E-state index in [-0.39, 0.29) is 12.3 Å². The first kappa shape index (κ1) is 29.1. The van der Waals surface area contributed by atoms with E-state index < -0.39 is 0 Å². The number of rotatable bonds is 4. The normalized spacial score (nSPS) is 17.2. The predicted octanol–water partition coefficient (Wildman–Crippen LogP) is 11.3. The number of para-hydroxylation sites is 2. The van der Waals surface area contributed by atoms with Crippen LogP contribution in [-0.4, -0.2) is 5.84 Å². The van der Waals surface area contributed by atoms with Crippen LogP contribution < -0.4 is 10.6 Å². The molecule has 9 aromatic rings. The molecule has 11 rings (SSSR count). The molecule has 2 N–H and O–H groups in total. The van der Waals surface area contributed by atoms with Crippen LogP contribution in [0.2, 0.25) is 0 Å². The number of fused-ring (bicyclic) bond motifs is 8. The lowest BCUT2D eigenvalue weighted by Gasteiger charge is -2.41. The zero-order valence-electron chi connectivity index (χ0n) is 28.0. The van der Waals surface area contributed by atoms with Gasteiger partial charge in [0.2, 0.25) is 0 Å². The molecule has 0 radical (unpaired) electrons. The summed E-state index contributed by atoms with van der Waals surface area (Å²) in [7, 11) is 0. The number of nitrogens with one attached hydrogen (secondary N) is 2. The van der Waals surface area contributed by atoms with Crippen LogP contribution in [0.4, 0.5) is 0 Å². The Morgan fingerprint density at radius 1 is 0.596 bits per heavy atom. The van der Waals surface area contributed by atoms with E-state index in [2.05, 4.69) is 126 Å². The molecule has 6 nitrogen and oxygen atoms in total. The Bertz CT molecular complexity index is 2950. The molecule has 7 aromatic carbocycles. The molecular weight excluding hydrogens is 641 g/mol. The highest BCUT2D eigenvalue weighted by Gasteiger charge is 2.26. The van der Waals surface area contributed by atoms with Crippen molar-refractivity contribution in [3.05, 3.63) is 191 Å². The number of amidine groups is 1. The standard InChI is InChI=1S/C46H31N4O2/c1-2-11-28-24-29(21-20-27(28)10-1)44-48-45(50-46(49-44)36-16-9-19-40-42(36)34-14-5-7-17-38(34)51-40)33-23-22-32(30-12-3-4-13-31(30)33)37-25-47-26-41-43(37)35-15-6-8-18-39(35)52-41/h1-25,44-45,47-48H,26H2/q-1. The minimum absolute atomic E-state index is 0.334. The van der Waals surface area contributed by atoms with E-state index in [1.54, 1.807) is 0 Å². The lowest BCUT2D eigenvalue weighted by atomic mass is 9.88. The van der Waals surface area contributed by atoms with Gasteiger partial charge in [-0.1, -0.05) is 127 Å². The predicted molar refractivity (Wildman–Crippen MR) is 210 cm³/mol. The van der Waals surface area contributed by atoms with Crippen LogP contribution in [0.5, 0.6) is 0 Å². The van der Waals surface area contributed by atoms with E-state index in [1.807, 2.05) is 36.4 Å². The highest BCUT2D eigenvalue weighted by Crippen LogP contribution is 2.43. The van der Waals surface area contributed by atoms with E-state index in [0.29, 0.717) is 12.4 Å². The second kappa shape index (κ2) is 11.5. The van der Waals surface area contributed by atoms with E-state index in [4.69, 9.17) is 19.1 Å². The van der Waals surface area contributed by atoms with Gasteiger partial charge in [0.15, 0.2) is 0 Å². The summed E-state index contributed by atoms with van der Waals surface area (Å²) in [6.45, 7) is 0.658. The number of aliphatic imine (C=N–C) groups is 1. The Morgan fingerprint density at radius 2 is 1.33 bits per heavy atom. The van der Waals surface area contributed by atoms with Crippen LogP contribution in [0.3, 0.4) is 0 Å². The van der Waals surface area contributed by atoms with Crippen molar-refractivity contribution in [1.29, 1.82) is 0 Å². The average molecular weight is 672 g/mol. The summed E-state index contributed by atoms with van der Waals surface area (Å²) in [5, 5.41) is 20.5. The summed E-state index contributed by atoms with van der Waals surface area (Å²) < 4.78 is 12.6. The van der Waals surface area contributed by atoms with Crippen LogP contribution in [-0.2, 0) is 6.54 Å². The van der Waals surface area contributed by atoms with Crippen molar-refractivity contribution in [2.75, 3.05) is 0 Å². The first-order valence-corrected chi connectivity index (χ1v) is 17.7. The van der Waals surface area contributed by atoms with E-state index in [9.17, 15) is 0 Å². The topological polar surface area (TPSA) is 76.8 Å². The van der Waals surface area contributed by atoms with Gasteiger partial charge in [-0.25, -0.2) is 0 Å². The van der Waals surface area contributed by atoms with Gasteiger partial charge < -0.3 is 29.8 Å². The van der Waals surface area contributed by atoms with Crippen molar-refractivity contribution in [1.82, 2.24) is 10.6 Å². The van der Waals surface area contributed by atoms with Crippen LogP contribution in [0.15, 0.2) is 166 Å². The molecule has 2 aliphatic rings. The lowest BCUT2D eigenvalue weighted by Crippen LogP contribution is -2.32. The van der Waals surface area contributed by atoms with E-state index >= 15 is 0 Å². The number of benzene rings is 7. The zero-order chi connectivity index (χ0) is 34.2. The quantitative estimate of drug-likeness (QED) is 0.195. The fraction of sp³-hybridized carbons (Fsp3) is 0.0652. The second-order valence-electron chi connectivity index (χ2n) is 13.5. The SMILES string of the molecule is C1=C(c2ccc(C3N=C(c4cccc5oc6ccccc6c45)[N-]C(c4ccc5ccccc5c4)N3)c3ccccc23)c2c(oc3ccccc23)CN1. The second-order valence-corrected chi connectivity index (χ2v) is 13.5. The first-order valence-electron chi connectivity index (χ1n) is 17.7. The molecule has 248 valence electrons. The maximum Gasteiger partial charge on any atom is 0.136 e. The summed E-state index contributed by atoms with van der Waals surface area (Å²) >= 11 is 0. The van der Waals surface area contributed by atoms with Crippen molar-refractivity contribution >= 4 is 65.9 Å². The van der Waals surface area contributed by atoms with E-state index in [0.717, 1.165) is 82.8 Å². The monoisotopic (exact) mass is 671 g/mol. The summed E-state index contributed by atoms with van der Waals surface area (Å²) in [4.78, 5) is 5.41. The van der Waals surface area contributed by atoms with Crippen molar-refractivity contribution in [2.24, 2.45) is 4.99 Å². The van der Waals surface area contributed by atoms with Crippen molar-refractivity contribution in [3.8, 4) is 0 Å². The van der Waals surface area contributed by atoms with Gasteiger partial charge in [0.1, 0.15) is 22.5 Å². The highest BCUT2D eigenvalue weighted by molar-refractivity contribution is 6.22. The molecule has 0 spiro atoms. The van der Waals surface area contributed by atoms with Gasteiger partial charge in [0.05, 0.1) is 6.54 Å². The minimum atomic E-state index is -0.375. The third-order valence-electron chi connectivity index (χ3n) is 10.5. The maximum atomic E-state index is 6.31. The Kier molecular flexibility index (Phi) is 6.42. The molecule has 2 unspecified atom stereocenters. The van der Waals surface area contributed by atoms with Crippen LogP contribution in [0.25, 0.3) is 65.3 Å². The molecule has 6 heteroatoms. The Balaban J connectivity index is 1.09. The van der Waals surface area contributed by atoms with Crippen LogP contribution in [0, 0.1) is 0 Å². The van der Waals surface area contributed by atoms with Gasteiger partial charge in [-0.3, -0.25) is 0 Å². The van der Waals surface area contributed by atoms with Crippen LogP contribution in [0.1, 0.15) is 45.9 Å². The zero-order valence-corrected chi connectivity index (χ0v) is 28.0. The van der Waals surface area contributed by atoms with Gasteiger partial charge in [0.25, 0.3) is 0 Å². The van der Waals surface area contributed by atoms with Gasteiger partial charge in [-0.05, 0) is 68.1 Å². The Labute approximate surface area is 299 Å². The molecule has 0 amide bonds. The minimum Gasteiger partial charge on any atom is -0.459 e. The molecule has 4 heterocycles. The van der Waals surface area contributed by atoms with Crippen LogP contribution >= 0.6 is 0 Å². The molecule has 2 aromatic heterocycles. The summed E-state index contributed by atoms with van der Waals surface area (Å²) in [5.74, 6) is 1.65. The van der Waals surface area contributed by atoms with Gasteiger partial charge in [-0.2, -0.15) is 0 Å². The Morgan fingerprint density at radius 3 is 2.21 bits per heavy atom. The van der Waals surface area contributed by atoms with Crippen molar-refractivity contribution < 1.29 is 8.83 Å². The first-order chi connectivity index (χ1) is 25.8. The number of furan rings is 2. The van der Waals surface area contributed by atoms with Gasteiger partial charge >= 0.3 is 0 Å². The lowest BCUT2D eigenvalue weighted by molar-refractivity contribution is 0.491. The summed E-state index contributed by atoms with van der Waals surface area (Å²) in [6, 6.07) is 50.8. The maximum absolute atomic E-state index is 6.31. The smallest absolute Gasteiger partial charge is 0.136 e. The van der Waals surface area contributed by atoms with Gasteiger partial charge in [-0.15, -0.1) is 0 Å². The van der Waals surface area contributed by atoms with Gasteiger partial charge in [0, 0.05) is 45.8 Å². The van der Waals surface area contributed by atoms with E-state index in [1.165, 1.54) is 10.8 Å². The van der Waals surface area contributed by atoms with Crippen molar-refractivity contribution in [3.63, 3.8) is 0 Å².